The van der Waals surface area contributed by atoms with E-state index in [0.717, 1.165) is 0 Å². The Morgan fingerprint density at radius 2 is 1.75 bits per heavy atom. The van der Waals surface area contributed by atoms with Gasteiger partial charge in [-0.3, -0.25) is 4.79 Å². The molecule has 1 N–H and O–H groups in total. The van der Waals surface area contributed by atoms with E-state index in [2.05, 4.69) is 0 Å². The van der Waals surface area contributed by atoms with Gasteiger partial charge in [0.05, 0.1) is 6.10 Å². The number of rotatable bonds is 3. The van der Waals surface area contributed by atoms with Crippen molar-refractivity contribution in [1.29, 1.82) is 0 Å². The highest BCUT2D eigenvalue weighted by atomic mass is 16.3. The molecule has 0 amide bonds. The lowest BCUT2D eigenvalue weighted by Crippen LogP contribution is -2.27. The Bertz CT molecular complexity index is 154. The number of carbonyl (C=O) groups is 1. The Morgan fingerprint density at radius 3 is 2.00 bits per heavy atom. The average Bonchev–Trinajstić information content (AvgIpc) is 1.85. The molecule has 2 nitrogen and oxygen atoms in total. The maximum Gasteiger partial charge on any atom is 0.140 e. The zero-order valence-electron chi connectivity index (χ0n) is 8.72. The molecule has 0 spiro atoms. The summed E-state index contributed by atoms with van der Waals surface area (Å²) in [6.07, 6.45) is -0.210. The minimum absolute atomic E-state index is 0.128. The number of ketones is 1. The molecule has 1 atom stereocenters. The van der Waals surface area contributed by atoms with Crippen LogP contribution in [-0.2, 0) is 4.79 Å². The molecular formula is C10H20O2. The smallest absolute Gasteiger partial charge is 0.140 e. The van der Waals surface area contributed by atoms with Gasteiger partial charge >= 0.3 is 0 Å². The molecule has 0 aliphatic rings. The van der Waals surface area contributed by atoms with Crippen LogP contribution in [0.2, 0.25) is 0 Å². The standard InChI is InChI=1S/C10H20O2/c1-7(2)8(11)6-9(12)10(3,4)5/h7-8,11H,6H2,1-5H3. The van der Waals surface area contributed by atoms with Gasteiger partial charge in [-0.1, -0.05) is 34.6 Å². The molecule has 0 saturated heterocycles. The van der Waals surface area contributed by atoms with Crippen LogP contribution in [0, 0.1) is 11.3 Å². The van der Waals surface area contributed by atoms with E-state index < -0.39 is 6.10 Å². The van der Waals surface area contributed by atoms with Crippen molar-refractivity contribution in [2.45, 2.75) is 47.1 Å². The maximum atomic E-state index is 11.4. The fourth-order valence-electron chi connectivity index (χ4n) is 0.732. The predicted octanol–water partition coefficient (Wildman–Crippen LogP) is 2.01. The quantitative estimate of drug-likeness (QED) is 0.707. The van der Waals surface area contributed by atoms with Crippen LogP contribution < -0.4 is 0 Å². The van der Waals surface area contributed by atoms with Crippen LogP contribution >= 0.6 is 0 Å². The molecule has 0 heterocycles. The van der Waals surface area contributed by atoms with E-state index in [1.807, 2.05) is 34.6 Å². The maximum absolute atomic E-state index is 11.4. The first-order chi connectivity index (χ1) is 5.25. The third kappa shape index (κ3) is 3.86. The molecule has 0 aliphatic carbocycles. The van der Waals surface area contributed by atoms with Crippen molar-refractivity contribution < 1.29 is 9.90 Å². The van der Waals surface area contributed by atoms with Crippen LogP contribution in [0.4, 0.5) is 0 Å². The predicted molar refractivity (Wildman–Crippen MR) is 49.9 cm³/mol. The number of hydrogen-bond acceptors (Lipinski definition) is 2. The number of carbonyl (C=O) groups excluding carboxylic acids is 1. The van der Waals surface area contributed by atoms with Gasteiger partial charge in [-0.2, -0.15) is 0 Å². The summed E-state index contributed by atoms with van der Waals surface area (Å²) < 4.78 is 0. The van der Waals surface area contributed by atoms with Crippen LogP contribution in [0.25, 0.3) is 0 Å². The van der Waals surface area contributed by atoms with E-state index in [1.165, 1.54) is 0 Å². The highest BCUT2D eigenvalue weighted by Crippen LogP contribution is 2.19. The molecule has 0 bridgehead atoms. The normalized spacial score (nSPS) is 14.9. The molecule has 0 aromatic rings. The Kier molecular flexibility index (Phi) is 3.91. The number of aliphatic hydroxyl groups is 1. The van der Waals surface area contributed by atoms with Crippen molar-refractivity contribution in [3.63, 3.8) is 0 Å². The van der Waals surface area contributed by atoms with E-state index in [0.29, 0.717) is 0 Å². The van der Waals surface area contributed by atoms with Crippen molar-refractivity contribution in [2.24, 2.45) is 11.3 Å². The molecule has 0 aromatic carbocycles. The third-order valence-corrected chi connectivity index (χ3v) is 2.00. The highest BCUT2D eigenvalue weighted by molar-refractivity contribution is 5.84. The number of aliphatic hydroxyl groups excluding tert-OH is 1. The van der Waals surface area contributed by atoms with E-state index in [1.54, 1.807) is 0 Å². The van der Waals surface area contributed by atoms with Gasteiger partial charge in [-0.25, -0.2) is 0 Å². The zero-order valence-corrected chi connectivity index (χ0v) is 8.72. The second kappa shape index (κ2) is 4.04. The van der Waals surface area contributed by atoms with Gasteiger partial charge < -0.3 is 5.11 Å². The van der Waals surface area contributed by atoms with E-state index in [-0.39, 0.29) is 23.5 Å². The average molecular weight is 172 g/mol. The lowest BCUT2D eigenvalue weighted by molar-refractivity contribution is -0.128. The monoisotopic (exact) mass is 172 g/mol. The lowest BCUT2D eigenvalue weighted by atomic mass is 9.86. The summed E-state index contributed by atoms with van der Waals surface area (Å²) in [5.74, 6) is 0.292. The van der Waals surface area contributed by atoms with Crippen LogP contribution in [0.1, 0.15) is 41.0 Å². The van der Waals surface area contributed by atoms with Gasteiger partial charge in [0, 0.05) is 11.8 Å². The van der Waals surface area contributed by atoms with Crippen molar-refractivity contribution in [2.75, 3.05) is 0 Å². The Hall–Kier alpha value is -0.370. The van der Waals surface area contributed by atoms with E-state index in [9.17, 15) is 9.90 Å². The number of hydrogen-bond donors (Lipinski definition) is 1. The van der Waals surface area contributed by atoms with Crippen LogP contribution in [0.3, 0.4) is 0 Å². The van der Waals surface area contributed by atoms with Gasteiger partial charge in [0.2, 0.25) is 0 Å². The van der Waals surface area contributed by atoms with Crippen LogP contribution in [0.15, 0.2) is 0 Å². The van der Waals surface area contributed by atoms with Crippen molar-refractivity contribution in [3.8, 4) is 0 Å². The van der Waals surface area contributed by atoms with Crippen molar-refractivity contribution in [1.82, 2.24) is 0 Å². The van der Waals surface area contributed by atoms with Gasteiger partial charge in [0.1, 0.15) is 5.78 Å². The number of Topliss-reactive ketones (excluding diaryl/α,β-unsaturated/α-hetero) is 1. The van der Waals surface area contributed by atoms with Gasteiger partial charge in [-0.15, -0.1) is 0 Å². The summed E-state index contributed by atoms with van der Waals surface area (Å²) >= 11 is 0. The minimum atomic E-state index is -0.489. The fraction of sp³-hybridized carbons (Fsp3) is 0.900. The van der Waals surface area contributed by atoms with E-state index >= 15 is 0 Å². The molecule has 0 aliphatic heterocycles. The zero-order chi connectivity index (χ0) is 9.94. The molecule has 0 rings (SSSR count). The first-order valence-corrected chi connectivity index (χ1v) is 4.46. The Balaban J connectivity index is 4.02. The first-order valence-electron chi connectivity index (χ1n) is 4.46. The van der Waals surface area contributed by atoms with Gasteiger partial charge in [-0.05, 0) is 5.92 Å². The second-order valence-electron chi connectivity index (χ2n) is 4.69. The summed E-state index contributed by atoms with van der Waals surface area (Å²) in [7, 11) is 0. The van der Waals surface area contributed by atoms with E-state index in [4.69, 9.17) is 0 Å². The summed E-state index contributed by atoms with van der Waals surface area (Å²) in [4.78, 5) is 11.4. The molecule has 1 unspecified atom stereocenters. The summed E-state index contributed by atoms with van der Waals surface area (Å²) in [5.41, 5.74) is -0.324. The molecule has 0 aromatic heterocycles. The molecule has 0 fully saturated rings. The second-order valence-corrected chi connectivity index (χ2v) is 4.69. The fourth-order valence-corrected chi connectivity index (χ4v) is 0.732. The summed E-state index contributed by atoms with van der Waals surface area (Å²) in [6, 6.07) is 0. The molecule has 0 radical (unpaired) electrons. The van der Waals surface area contributed by atoms with Crippen LogP contribution in [0.5, 0.6) is 0 Å². The highest BCUT2D eigenvalue weighted by Gasteiger charge is 2.24. The first kappa shape index (κ1) is 11.6. The molecule has 72 valence electrons. The van der Waals surface area contributed by atoms with Crippen molar-refractivity contribution in [3.05, 3.63) is 0 Å². The largest absolute Gasteiger partial charge is 0.392 e. The molecular weight excluding hydrogens is 152 g/mol. The third-order valence-electron chi connectivity index (χ3n) is 2.00. The molecule has 0 saturated carbocycles. The Labute approximate surface area is 75.0 Å². The van der Waals surface area contributed by atoms with Crippen molar-refractivity contribution >= 4 is 5.78 Å². The molecule has 2 heteroatoms. The van der Waals surface area contributed by atoms with Crippen LogP contribution in [-0.4, -0.2) is 17.0 Å². The van der Waals surface area contributed by atoms with Gasteiger partial charge in [0.25, 0.3) is 0 Å². The molecule has 12 heavy (non-hydrogen) atoms. The Morgan fingerprint density at radius 1 is 1.33 bits per heavy atom. The van der Waals surface area contributed by atoms with Gasteiger partial charge in [0.15, 0.2) is 0 Å². The summed E-state index contributed by atoms with van der Waals surface area (Å²) in [6.45, 7) is 9.47. The lowest BCUT2D eigenvalue weighted by Gasteiger charge is -2.20. The SMILES string of the molecule is CC(C)C(O)CC(=O)C(C)(C)C. The topological polar surface area (TPSA) is 37.3 Å². The minimum Gasteiger partial charge on any atom is -0.392 e. The summed E-state index contributed by atoms with van der Waals surface area (Å²) in [5, 5.41) is 9.44.